The van der Waals surface area contributed by atoms with Gasteiger partial charge >= 0.3 is 0 Å². The first-order valence-corrected chi connectivity index (χ1v) is 8.94. The zero-order chi connectivity index (χ0) is 16.7. The minimum absolute atomic E-state index is 0. The van der Waals surface area contributed by atoms with Crippen molar-refractivity contribution in [3.05, 3.63) is 29.8 Å². The molecule has 1 aliphatic rings. The molecule has 24 heavy (non-hydrogen) atoms. The number of nitrogens with zero attached hydrogens (tertiary/aromatic N) is 2. The Kier molecular flexibility index (Phi) is 9.66. The lowest BCUT2D eigenvalue weighted by atomic mass is 9.99. The first-order valence-electron chi connectivity index (χ1n) is 8.94. The second kappa shape index (κ2) is 10.9. The minimum atomic E-state index is 0. The highest BCUT2D eigenvalue weighted by atomic mass is 127. The highest BCUT2D eigenvalue weighted by Gasteiger charge is 2.14. The van der Waals surface area contributed by atoms with Crippen LogP contribution in [-0.2, 0) is 0 Å². The summed E-state index contributed by atoms with van der Waals surface area (Å²) in [6.45, 7) is 11.1. The van der Waals surface area contributed by atoms with Gasteiger partial charge in [0.2, 0.25) is 0 Å². The van der Waals surface area contributed by atoms with E-state index in [1.54, 1.807) is 0 Å². The van der Waals surface area contributed by atoms with Gasteiger partial charge in [0, 0.05) is 12.2 Å². The Morgan fingerprint density at radius 1 is 1.33 bits per heavy atom. The summed E-state index contributed by atoms with van der Waals surface area (Å²) < 4.78 is 0. The van der Waals surface area contributed by atoms with Crippen LogP contribution in [0.25, 0.3) is 0 Å². The quantitative estimate of drug-likeness (QED) is 0.298. The van der Waals surface area contributed by atoms with E-state index in [1.807, 2.05) is 6.07 Å². The average Bonchev–Trinajstić information content (AvgIpc) is 2.53. The van der Waals surface area contributed by atoms with Gasteiger partial charge in [-0.1, -0.05) is 32.9 Å². The number of nitrogens with one attached hydrogen (secondary N) is 1. The minimum Gasteiger partial charge on any atom is -0.370 e. The molecular weight excluding hydrogens is 411 g/mol. The Labute approximate surface area is 164 Å². The highest BCUT2D eigenvalue weighted by Crippen LogP contribution is 2.18. The van der Waals surface area contributed by atoms with Crippen molar-refractivity contribution in [1.82, 2.24) is 4.90 Å². The number of benzene rings is 1. The van der Waals surface area contributed by atoms with Crippen LogP contribution in [0.15, 0.2) is 29.3 Å². The third-order valence-electron chi connectivity index (χ3n) is 4.62. The van der Waals surface area contributed by atoms with E-state index >= 15 is 0 Å². The lowest BCUT2D eigenvalue weighted by Crippen LogP contribution is -2.34. The maximum Gasteiger partial charge on any atom is 0.193 e. The summed E-state index contributed by atoms with van der Waals surface area (Å²) in [4.78, 5) is 7.00. The summed E-state index contributed by atoms with van der Waals surface area (Å²) in [6, 6.07) is 8.37. The average molecular weight is 444 g/mol. The Bertz CT molecular complexity index is 508. The number of aliphatic imine (C=N–C) groups is 1. The number of guanidine groups is 1. The normalized spacial score (nSPS) is 16.9. The summed E-state index contributed by atoms with van der Waals surface area (Å²) in [6.07, 6.45) is 3.74. The summed E-state index contributed by atoms with van der Waals surface area (Å²) >= 11 is 0. The van der Waals surface area contributed by atoms with Gasteiger partial charge in [0.1, 0.15) is 0 Å². The van der Waals surface area contributed by atoms with Crippen molar-refractivity contribution in [3.8, 4) is 0 Å². The van der Waals surface area contributed by atoms with E-state index in [0.29, 0.717) is 11.9 Å². The molecule has 0 saturated carbocycles. The van der Waals surface area contributed by atoms with E-state index in [4.69, 9.17) is 5.73 Å². The van der Waals surface area contributed by atoms with Crippen LogP contribution >= 0.6 is 24.0 Å². The first kappa shape index (κ1) is 21.2. The second-order valence-corrected chi connectivity index (χ2v) is 7.05. The van der Waals surface area contributed by atoms with Crippen LogP contribution in [0.5, 0.6) is 0 Å². The number of hydrogen-bond acceptors (Lipinski definition) is 2. The SMILES string of the molecule is CC1CCN(CCCN=C(N)Nc2cccc(C(C)C)c2)CC1.I. The number of nitrogens with two attached hydrogens (primary N) is 1. The lowest BCUT2D eigenvalue weighted by Gasteiger charge is -2.29. The van der Waals surface area contributed by atoms with E-state index in [0.717, 1.165) is 31.1 Å². The number of rotatable bonds is 6. The van der Waals surface area contributed by atoms with E-state index in [2.05, 4.69) is 54.2 Å². The van der Waals surface area contributed by atoms with E-state index in [1.165, 1.54) is 31.5 Å². The molecule has 0 amide bonds. The highest BCUT2D eigenvalue weighted by molar-refractivity contribution is 14.0. The molecule has 1 heterocycles. The van der Waals surface area contributed by atoms with Crippen LogP contribution in [0, 0.1) is 5.92 Å². The largest absolute Gasteiger partial charge is 0.370 e. The fourth-order valence-electron chi connectivity index (χ4n) is 2.94. The van der Waals surface area contributed by atoms with Crippen molar-refractivity contribution in [3.63, 3.8) is 0 Å². The van der Waals surface area contributed by atoms with E-state index in [-0.39, 0.29) is 24.0 Å². The molecular formula is C19H33IN4. The van der Waals surface area contributed by atoms with Crippen molar-refractivity contribution in [1.29, 1.82) is 0 Å². The van der Waals surface area contributed by atoms with Gasteiger partial charge in [0.25, 0.3) is 0 Å². The molecule has 1 aromatic rings. The molecule has 0 bridgehead atoms. The molecule has 1 saturated heterocycles. The molecule has 1 aliphatic heterocycles. The lowest BCUT2D eigenvalue weighted by molar-refractivity contribution is 0.192. The molecule has 0 unspecified atom stereocenters. The smallest absolute Gasteiger partial charge is 0.193 e. The topological polar surface area (TPSA) is 53.6 Å². The predicted molar refractivity (Wildman–Crippen MR) is 116 cm³/mol. The predicted octanol–water partition coefficient (Wildman–Crippen LogP) is 4.28. The van der Waals surface area contributed by atoms with E-state index < -0.39 is 0 Å². The molecule has 2 rings (SSSR count). The summed E-state index contributed by atoms with van der Waals surface area (Å²) in [5.41, 5.74) is 8.32. The molecule has 0 spiro atoms. The molecule has 4 nitrogen and oxygen atoms in total. The maximum atomic E-state index is 5.99. The first-order chi connectivity index (χ1) is 11.0. The van der Waals surface area contributed by atoms with Gasteiger partial charge in [-0.25, -0.2) is 0 Å². The summed E-state index contributed by atoms with van der Waals surface area (Å²) in [5, 5.41) is 3.20. The van der Waals surface area contributed by atoms with Gasteiger partial charge < -0.3 is 16.0 Å². The van der Waals surface area contributed by atoms with Crippen LogP contribution in [0.3, 0.4) is 0 Å². The Balaban J connectivity index is 0.00000288. The third-order valence-corrected chi connectivity index (χ3v) is 4.62. The van der Waals surface area contributed by atoms with Crippen LogP contribution < -0.4 is 11.1 Å². The second-order valence-electron chi connectivity index (χ2n) is 7.05. The van der Waals surface area contributed by atoms with Crippen LogP contribution in [0.1, 0.15) is 51.5 Å². The number of anilines is 1. The maximum absolute atomic E-state index is 5.99. The number of hydrogen-bond donors (Lipinski definition) is 2. The van der Waals surface area contributed by atoms with Gasteiger partial charge in [-0.2, -0.15) is 0 Å². The Hall–Kier alpha value is -0.820. The van der Waals surface area contributed by atoms with Crippen molar-refractivity contribution in [2.24, 2.45) is 16.6 Å². The zero-order valence-electron chi connectivity index (χ0n) is 15.3. The Morgan fingerprint density at radius 3 is 2.71 bits per heavy atom. The van der Waals surface area contributed by atoms with Crippen molar-refractivity contribution < 1.29 is 0 Å². The van der Waals surface area contributed by atoms with Crippen LogP contribution in [-0.4, -0.2) is 37.0 Å². The van der Waals surface area contributed by atoms with Crippen LogP contribution in [0.4, 0.5) is 5.69 Å². The van der Waals surface area contributed by atoms with E-state index in [9.17, 15) is 0 Å². The molecule has 3 N–H and O–H groups in total. The van der Waals surface area contributed by atoms with Crippen molar-refractivity contribution >= 4 is 35.6 Å². The fourth-order valence-corrected chi connectivity index (χ4v) is 2.94. The molecule has 5 heteroatoms. The van der Waals surface area contributed by atoms with Gasteiger partial charge in [0.05, 0.1) is 0 Å². The third kappa shape index (κ3) is 7.38. The molecule has 1 fully saturated rings. The summed E-state index contributed by atoms with van der Waals surface area (Å²) in [5.74, 6) is 1.92. The molecule has 0 radical (unpaired) electrons. The van der Waals surface area contributed by atoms with Gasteiger partial charge in [-0.15, -0.1) is 24.0 Å². The molecule has 0 atom stereocenters. The summed E-state index contributed by atoms with van der Waals surface area (Å²) in [7, 11) is 0. The standard InChI is InChI=1S/C19H32N4.HI/c1-15(2)17-6-4-7-18(14-17)22-19(20)21-10-5-11-23-12-8-16(3)9-13-23;/h4,6-7,14-16H,5,8-13H2,1-3H3,(H3,20,21,22);1H. The Morgan fingerprint density at radius 2 is 2.04 bits per heavy atom. The molecule has 0 aromatic heterocycles. The van der Waals surface area contributed by atoms with Crippen molar-refractivity contribution in [2.45, 2.75) is 46.0 Å². The number of halogens is 1. The van der Waals surface area contributed by atoms with Gasteiger partial charge in [-0.05, 0) is 68.4 Å². The fraction of sp³-hybridized carbons (Fsp3) is 0.632. The van der Waals surface area contributed by atoms with Gasteiger partial charge in [-0.3, -0.25) is 4.99 Å². The molecule has 1 aromatic carbocycles. The molecule has 136 valence electrons. The number of likely N-dealkylation sites (tertiary alicyclic amines) is 1. The zero-order valence-corrected chi connectivity index (χ0v) is 17.6. The van der Waals surface area contributed by atoms with Gasteiger partial charge in [0.15, 0.2) is 5.96 Å². The number of piperidine rings is 1. The van der Waals surface area contributed by atoms with Crippen molar-refractivity contribution in [2.75, 3.05) is 31.5 Å². The van der Waals surface area contributed by atoms with Crippen LogP contribution in [0.2, 0.25) is 0 Å². The monoisotopic (exact) mass is 444 g/mol. The molecule has 0 aliphatic carbocycles.